The van der Waals surface area contributed by atoms with Gasteiger partial charge in [-0.05, 0) is 49.7 Å². The van der Waals surface area contributed by atoms with Crippen LogP contribution in [0.4, 0.5) is 5.69 Å². The minimum Gasteiger partial charge on any atom is -0.465 e. The van der Waals surface area contributed by atoms with E-state index in [2.05, 4.69) is 32.1 Å². The molecule has 6 nitrogen and oxygen atoms in total. The van der Waals surface area contributed by atoms with Crippen LogP contribution in [0, 0.1) is 5.41 Å². The molecule has 1 heterocycles. The fourth-order valence-electron chi connectivity index (χ4n) is 3.68. The van der Waals surface area contributed by atoms with Crippen molar-refractivity contribution < 1.29 is 14.3 Å². The summed E-state index contributed by atoms with van der Waals surface area (Å²) < 4.78 is 6.22. The molecule has 1 aliphatic heterocycles. The van der Waals surface area contributed by atoms with Gasteiger partial charge in [-0.25, -0.2) is 5.43 Å². The number of hydrogen-bond donors (Lipinski definition) is 3. The van der Waals surface area contributed by atoms with Gasteiger partial charge in [-0.15, -0.1) is 0 Å². The van der Waals surface area contributed by atoms with Crippen LogP contribution in [0.5, 0.6) is 0 Å². The Balaban J connectivity index is 1.98. The average molecular weight is 481 g/mol. The maximum Gasteiger partial charge on any atom is 0.315 e. The molecular weight excluding hydrogens is 458 g/mol. The summed E-state index contributed by atoms with van der Waals surface area (Å²) in [6, 6.07) is 14.5. The zero-order chi connectivity index (χ0) is 21.1. The summed E-state index contributed by atoms with van der Waals surface area (Å²) in [6.45, 7) is 4.15. The van der Waals surface area contributed by atoms with E-state index in [1.54, 1.807) is 26.0 Å². The van der Waals surface area contributed by atoms with Crippen molar-refractivity contribution in [3.8, 4) is 0 Å². The predicted octanol–water partition coefficient (Wildman–Crippen LogP) is 4.00. The molecule has 0 bridgehead atoms. The number of carbonyl (C=O) groups excluding carboxylic acids is 2. The van der Waals surface area contributed by atoms with Gasteiger partial charge in [0.15, 0.2) is 0 Å². The van der Waals surface area contributed by atoms with Crippen LogP contribution in [0.15, 0.2) is 53.0 Å². The van der Waals surface area contributed by atoms with Gasteiger partial charge < -0.3 is 10.1 Å². The van der Waals surface area contributed by atoms with Crippen molar-refractivity contribution in [3.63, 3.8) is 0 Å². The van der Waals surface area contributed by atoms with Crippen molar-refractivity contribution in [2.45, 2.75) is 25.8 Å². The Labute approximate surface area is 183 Å². The van der Waals surface area contributed by atoms with Crippen molar-refractivity contribution in [1.82, 2.24) is 10.9 Å². The third-order valence-corrected chi connectivity index (χ3v) is 6.03. The number of halogens is 2. The summed E-state index contributed by atoms with van der Waals surface area (Å²) in [4.78, 5) is 26.0. The number of carbonyl (C=O) groups is 2. The van der Waals surface area contributed by atoms with E-state index in [-0.39, 0.29) is 24.9 Å². The molecule has 2 aromatic carbocycles. The smallest absolute Gasteiger partial charge is 0.315 e. The maximum absolute atomic E-state index is 13.0. The molecule has 0 radical (unpaired) electrons. The fourth-order valence-corrected chi connectivity index (χ4v) is 4.20. The molecule has 3 N–H and O–H groups in total. The van der Waals surface area contributed by atoms with E-state index in [0.29, 0.717) is 17.3 Å². The van der Waals surface area contributed by atoms with Crippen LogP contribution in [0.25, 0.3) is 0 Å². The highest BCUT2D eigenvalue weighted by Gasteiger charge is 2.59. The van der Waals surface area contributed by atoms with E-state index < -0.39 is 11.0 Å². The van der Waals surface area contributed by atoms with Gasteiger partial charge in [-0.1, -0.05) is 45.7 Å². The Hall–Kier alpha value is -1.93. The first-order valence-electron chi connectivity index (χ1n) is 9.29. The zero-order valence-electron chi connectivity index (χ0n) is 16.2. The van der Waals surface area contributed by atoms with E-state index in [1.165, 1.54) is 0 Å². The quantitative estimate of drug-likeness (QED) is 0.545. The lowest BCUT2D eigenvalue weighted by Gasteiger charge is -2.40. The van der Waals surface area contributed by atoms with E-state index in [9.17, 15) is 9.59 Å². The third-order valence-electron chi connectivity index (χ3n) is 5.28. The first kappa shape index (κ1) is 21.8. The second kappa shape index (κ2) is 8.83. The molecule has 1 aliphatic rings. The van der Waals surface area contributed by atoms with E-state index in [4.69, 9.17) is 16.3 Å². The van der Waals surface area contributed by atoms with Crippen molar-refractivity contribution >= 4 is 45.1 Å². The normalized spacial score (nSPS) is 23.6. The van der Waals surface area contributed by atoms with E-state index in [0.717, 1.165) is 10.0 Å². The van der Waals surface area contributed by atoms with E-state index in [1.807, 2.05) is 36.4 Å². The molecule has 2 unspecified atom stereocenters. The Morgan fingerprint density at radius 1 is 1.24 bits per heavy atom. The lowest BCUT2D eigenvalue weighted by atomic mass is 9.66. The SMILES string of the molecule is CCOC(=O)C1(C)CNNC1(CC(=O)Nc1cccc(Br)c1)c1ccc(Cl)cc1. The summed E-state index contributed by atoms with van der Waals surface area (Å²) >= 11 is 9.46. The molecular formula is C21H23BrClN3O3. The summed E-state index contributed by atoms with van der Waals surface area (Å²) in [5, 5.41) is 3.48. The van der Waals surface area contributed by atoms with Crippen molar-refractivity contribution in [2.24, 2.45) is 5.41 Å². The highest BCUT2D eigenvalue weighted by molar-refractivity contribution is 9.10. The van der Waals surface area contributed by atoms with Crippen molar-refractivity contribution in [2.75, 3.05) is 18.5 Å². The van der Waals surface area contributed by atoms with Gasteiger partial charge in [0.2, 0.25) is 5.91 Å². The molecule has 3 rings (SSSR count). The van der Waals surface area contributed by atoms with Crippen LogP contribution in [-0.4, -0.2) is 25.0 Å². The molecule has 0 spiro atoms. The number of benzene rings is 2. The second-order valence-electron chi connectivity index (χ2n) is 7.18. The molecule has 2 aromatic rings. The lowest BCUT2D eigenvalue weighted by Crippen LogP contribution is -2.55. The van der Waals surface area contributed by atoms with Gasteiger partial charge in [0.25, 0.3) is 0 Å². The van der Waals surface area contributed by atoms with Crippen molar-refractivity contribution in [3.05, 3.63) is 63.6 Å². The number of ether oxygens (including phenoxy) is 1. The first-order chi connectivity index (χ1) is 13.8. The molecule has 0 aromatic heterocycles. The van der Waals surface area contributed by atoms with Gasteiger partial charge in [0.05, 0.1) is 18.6 Å². The van der Waals surface area contributed by atoms with Crippen LogP contribution < -0.4 is 16.2 Å². The fraction of sp³-hybridized carbons (Fsp3) is 0.333. The second-order valence-corrected chi connectivity index (χ2v) is 8.53. The Morgan fingerprint density at radius 2 is 1.97 bits per heavy atom. The number of esters is 1. The van der Waals surface area contributed by atoms with Gasteiger partial charge in [0.1, 0.15) is 5.41 Å². The number of anilines is 1. The van der Waals surface area contributed by atoms with Gasteiger partial charge in [-0.3, -0.25) is 15.0 Å². The Morgan fingerprint density at radius 3 is 2.62 bits per heavy atom. The number of nitrogens with one attached hydrogen (secondary N) is 3. The molecule has 1 amide bonds. The summed E-state index contributed by atoms with van der Waals surface area (Å²) in [5.74, 6) is -0.604. The molecule has 2 atom stereocenters. The van der Waals surface area contributed by atoms with Gasteiger partial charge >= 0.3 is 5.97 Å². The number of amides is 1. The highest BCUT2D eigenvalue weighted by atomic mass is 79.9. The monoisotopic (exact) mass is 479 g/mol. The minimum absolute atomic E-state index is 0.0173. The Kier molecular flexibility index (Phi) is 6.63. The lowest BCUT2D eigenvalue weighted by molar-refractivity contribution is -0.157. The standard InChI is InChI=1S/C21H23BrClN3O3/c1-3-29-19(28)20(2)13-24-26-21(20,14-7-9-16(23)10-8-14)12-18(27)25-17-6-4-5-15(22)11-17/h4-11,24,26H,3,12-13H2,1-2H3,(H,25,27). The molecule has 29 heavy (non-hydrogen) atoms. The molecule has 0 aliphatic carbocycles. The topological polar surface area (TPSA) is 79.5 Å². The van der Waals surface area contributed by atoms with Gasteiger partial charge in [-0.2, -0.15) is 0 Å². The summed E-state index contributed by atoms with van der Waals surface area (Å²) in [6.07, 6.45) is 0.0173. The largest absolute Gasteiger partial charge is 0.465 e. The molecule has 0 saturated carbocycles. The first-order valence-corrected chi connectivity index (χ1v) is 10.5. The highest BCUT2D eigenvalue weighted by Crippen LogP contribution is 2.46. The van der Waals surface area contributed by atoms with Gasteiger partial charge in [0, 0.05) is 21.7 Å². The zero-order valence-corrected chi connectivity index (χ0v) is 18.6. The predicted molar refractivity (Wildman–Crippen MR) is 116 cm³/mol. The molecule has 154 valence electrons. The molecule has 1 saturated heterocycles. The summed E-state index contributed by atoms with van der Waals surface area (Å²) in [7, 11) is 0. The van der Waals surface area contributed by atoms with Crippen molar-refractivity contribution in [1.29, 1.82) is 0 Å². The number of hydrogen-bond acceptors (Lipinski definition) is 5. The maximum atomic E-state index is 13.0. The van der Waals surface area contributed by atoms with Crippen LogP contribution in [-0.2, 0) is 19.9 Å². The molecule has 1 fully saturated rings. The van der Waals surface area contributed by atoms with E-state index >= 15 is 0 Å². The molecule has 8 heteroatoms. The van der Waals surface area contributed by atoms with Crippen LogP contribution in [0.3, 0.4) is 0 Å². The third kappa shape index (κ3) is 4.33. The minimum atomic E-state index is -1.01. The Bertz CT molecular complexity index is 908. The number of hydrazine groups is 1. The number of rotatable bonds is 6. The van der Waals surface area contributed by atoms with Crippen LogP contribution in [0.1, 0.15) is 25.8 Å². The average Bonchev–Trinajstić information content (AvgIpc) is 3.00. The van der Waals surface area contributed by atoms with Crippen LogP contribution >= 0.6 is 27.5 Å². The summed E-state index contributed by atoms with van der Waals surface area (Å²) in [5.41, 5.74) is 5.68. The van der Waals surface area contributed by atoms with Crippen LogP contribution in [0.2, 0.25) is 5.02 Å².